The van der Waals surface area contributed by atoms with E-state index >= 15 is 0 Å². The van der Waals surface area contributed by atoms with Crippen LogP contribution in [0.3, 0.4) is 0 Å². The summed E-state index contributed by atoms with van der Waals surface area (Å²) in [4.78, 5) is 22.5. The van der Waals surface area contributed by atoms with E-state index in [0.717, 1.165) is 0 Å². The number of carbonyl (C=O) groups excluding carboxylic acids is 1. The lowest BCUT2D eigenvalue weighted by Gasteiger charge is -2.30. The Kier molecular flexibility index (Phi) is 5.61. The average Bonchev–Trinajstić information content (AvgIpc) is 3.37. The quantitative estimate of drug-likeness (QED) is 0.599. The Morgan fingerprint density at radius 2 is 1.84 bits per heavy atom. The van der Waals surface area contributed by atoms with Gasteiger partial charge in [-0.15, -0.1) is 13.2 Å². The predicted octanol–water partition coefficient (Wildman–Crippen LogP) is 3.28. The lowest BCUT2D eigenvalue weighted by Crippen LogP contribution is -2.38. The molecule has 0 N–H and O–H groups in total. The van der Waals surface area contributed by atoms with Crippen LogP contribution < -0.4 is 4.74 Å². The van der Waals surface area contributed by atoms with Crippen molar-refractivity contribution in [1.82, 2.24) is 25.2 Å². The molecule has 0 unspecified atom stereocenters. The molecule has 1 aromatic carbocycles. The number of nitrogens with zero attached hydrogens (tertiary/aromatic N) is 5. The molecule has 2 aromatic heterocycles. The van der Waals surface area contributed by atoms with Crippen molar-refractivity contribution in [2.45, 2.75) is 38.5 Å². The van der Waals surface area contributed by atoms with E-state index in [2.05, 4.69) is 25.0 Å². The maximum absolute atomic E-state index is 12.4. The van der Waals surface area contributed by atoms with E-state index in [1.807, 2.05) is 0 Å². The summed E-state index contributed by atoms with van der Waals surface area (Å²) in [6.07, 6.45) is -3.39. The number of ether oxygens (including phenoxy) is 1. The van der Waals surface area contributed by atoms with Gasteiger partial charge in [-0.1, -0.05) is 10.3 Å². The van der Waals surface area contributed by atoms with Crippen LogP contribution in [-0.2, 0) is 11.2 Å². The molecule has 1 fully saturated rings. The van der Waals surface area contributed by atoms with Crippen LogP contribution in [-0.4, -0.2) is 50.5 Å². The number of piperidine rings is 1. The maximum atomic E-state index is 12.4. The average molecular weight is 437 g/mol. The van der Waals surface area contributed by atoms with Crippen LogP contribution in [0.5, 0.6) is 5.75 Å². The summed E-state index contributed by atoms with van der Waals surface area (Å²) in [6.45, 7) is 2.74. The zero-order valence-corrected chi connectivity index (χ0v) is 16.4. The van der Waals surface area contributed by atoms with Crippen LogP contribution in [0.25, 0.3) is 11.4 Å². The van der Waals surface area contributed by atoms with Gasteiger partial charge in [0.1, 0.15) is 12.2 Å². The number of alkyl halides is 3. The number of aromatic nitrogens is 4. The monoisotopic (exact) mass is 437 g/mol. The molecule has 9 nitrogen and oxygen atoms in total. The highest BCUT2D eigenvalue weighted by molar-refractivity contribution is 5.77. The molecule has 1 aliphatic heterocycles. The third kappa shape index (κ3) is 5.19. The molecular weight excluding hydrogens is 419 g/mol. The van der Waals surface area contributed by atoms with Crippen molar-refractivity contribution in [3.05, 3.63) is 41.9 Å². The van der Waals surface area contributed by atoms with Gasteiger partial charge in [0, 0.05) is 24.6 Å². The molecule has 0 aliphatic carbocycles. The number of hydrogen-bond donors (Lipinski definition) is 0. The van der Waals surface area contributed by atoms with E-state index in [-0.39, 0.29) is 35.7 Å². The fourth-order valence-corrected chi connectivity index (χ4v) is 3.35. The molecule has 12 heteroatoms. The van der Waals surface area contributed by atoms with Gasteiger partial charge < -0.3 is 18.7 Å². The number of aryl methyl sites for hydroxylation is 1. The molecule has 0 radical (unpaired) electrons. The minimum absolute atomic E-state index is 0.0104. The van der Waals surface area contributed by atoms with Crippen molar-refractivity contribution in [2.75, 3.05) is 13.1 Å². The molecule has 1 aliphatic rings. The normalized spacial score (nSPS) is 15.3. The topological polar surface area (TPSA) is 107 Å². The Morgan fingerprint density at radius 1 is 1.13 bits per heavy atom. The molecule has 3 heterocycles. The van der Waals surface area contributed by atoms with Crippen molar-refractivity contribution in [3.8, 4) is 17.1 Å². The van der Waals surface area contributed by atoms with Gasteiger partial charge in [0.25, 0.3) is 0 Å². The minimum Gasteiger partial charge on any atom is -0.406 e. The van der Waals surface area contributed by atoms with Gasteiger partial charge in [-0.2, -0.15) is 9.97 Å². The minimum atomic E-state index is -4.75. The highest BCUT2D eigenvalue weighted by Gasteiger charge is 2.31. The molecule has 3 aromatic rings. The molecule has 0 bridgehead atoms. The first-order valence-corrected chi connectivity index (χ1v) is 9.53. The first-order valence-electron chi connectivity index (χ1n) is 9.53. The Balaban J connectivity index is 1.33. The van der Waals surface area contributed by atoms with Crippen molar-refractivity contribution in [3.63, 3.8) is 0 Å². The summed E-state index contributed by atoms with van der Waals surface area (Å²) in [5.41, 5.74) is 0.506. The van der Waals surface area contributed by atoms with E-state index in [1.54, 1.807) is 11.8 Å². The Morgan fingerprint density at radius 3 is 2.45 bits per heavy atom. The lowest BCUT2D eigenvalue weighted by molar-refractivity contribution is -0.274. The van der Waals surface area contributed by atoms with E-state index in [4.69, 9.17) is 9.05 Å². The molecule has 164 valence electrons. The van der Waals surface area contributed by atoms with E-state index in [9.17, 15) is 18.0 Å². The summed E-state index contributed by atoms with van der Waals surface area (Å²) in [5, 5.41) is 7.59. The largest absolute Gasteiger partial charge is 0.573 e. The fraction of sp³-hybridized carbons (Fsp3) is 0.421. The summed E-state index contributed by atoms with van der Waals surface area (Å²) >= 11 is 0. The summed E-state index contributed by atoms with van der Waals surface area (Å²) in [7, 11) is 0. The Bertz CT molecular complexity index is 1040. The lowest BCUT2D eigenvalue weighted by atomic mass is 9.96. The first kappa shape index (κ1) is 20.8. The van der Waals surface area contributed by atoms with Crippen LogP contribution in [0.2, 0.25) is 0 Å². The van der Waals surface area contributed by atoms with E-state index < -0.39 is 6.36 Å². The third-order valence-corrected chi connectivity index (χ3v) is 4.86. The molecule has 0 saturated carbocycles. The number of amides is 1. The molecule has 1 amide bonds. The van der Waals surface area contributed by atoms with Gasteiger partial charge in [0.15, 0.2) is 5.82 Å². The third-order valence-electron chi connectivity index (χ3n) is 4.86. The highest BCUT2D eigenvalue weighted by atomic mass is 19.4. The predicted molar refractivity (Wildman–Crippen MR) is 97.7 cm³/mol. The van der Waals surface area contributed by atoms with Gasteiger partial charge in [-0.3, -0.25) is 4.79 Å². The van der Waals surface area contributed by atoms with Crippen LogP contribution in [0.15, 0.2) is 33.3 Å². The van der Waals surface area contributed by atoms with Gasteiger partial charge in [-0.25, -0.2) is 0 Å². The number of halogens is 3. The summed E-state index contributed by atoms with van der Waals surface area (Å²) in [6, 6.07) is 5.23. The Labute approximate surface area is 174 Å². The summed E-state index contributed by atoms with van der Waals surface area (Å²) in [5.74, 6) is 1.06. The number of benzene rings is 1. The molecular formula is C19H18F3N5O4. The maximum Gasteiger partial charge on any atom is 0.573 e. The van der Waals surface area contributed by atoms with Crippen molar-refractivity contribution < 1.29 is 31.7 Å². The van der Waals surface area contributed by atoms with Crippen molar-refractivity contribution >= 4 is 5.91 Å². The second-order valence-corrected chi connectivity index (χ2v) is 7.10. The first-order chi connectivity index (χ1) is 14.8. The molecule has 4 rings (SSSR count). The van der Waals surface area contributed by atoms with Crippen LogP contribution in [0.4, 0.5) is 13.2 Å². The smallest absolute Gasteiger partial charge is 0.406 e. The second kappa shape index (κ2) is 8.36. The highest BCUT2D eigenvalue weighted by Crippen LogP contribution is 2.30. The number of carbonyl (C=O) groups is 1. The van der Waals surface area contributed by atoms with Gasteiger partial charge in [-0.05, 0) is 44.0 Å². The number of rotatable bonds is 5. The standard InChI is InChI=1S/C19H18F3N5O4/c1-11-23-15(30-25-11)10-16(28)27-8-6-13(7-9-27)18-24-17(26-31-18)12-2-4-14(5-3-12)29-19(20,21)22/h2-5,13H,6-10H2,1H3. The van der Waals surface area contributed by atoms with E-state index in [0.29, 0.717) is 43.2 Å². The molecule has 1 saturated heterocycles. The number of likely N-dealkylation sites (tertiary alicyclic amines) is 1. The second-order valence-electron chi connectivity index (χ2n) is 7.10. The van der Waals surface area contributed by atoms with Gasteiger partial charge in [0.05, 0.1) is 0 Å². The van der Waals surface area contributed by atoms with Crippen LogP contribution >= 0.6 is 0 Å². The van der Waals surface area contributed by atoms with Crippen LogP contribution in [0, 0.1) is 6.92 Å². The van der Waals surface area contributed by atoms with Gasteiger partial charge in [0.2, 0.25) is 23.5 Å². The van der Waals surface area contributed by atoms with Gasteiger partial charge >= 0.3 is 6.36 Å². The molecule has 0 spiro atoms. The zero-order valence-electron chi connectivity index (χ0n) is 16.4. The molecule has 0 atom stereocenters. The summed E-state index contributed by atoms with van der Waals surface area (Å²) < 4.78 is 51.0. The van der Waals surface area contributed by atoms with Crippen LogP contribution in [0.1, 0.15) is 36.4 Å². The zero-order chi connectivity index (χ0) is 22.0. The Hall–Kier alpha value is -3.44. The molecule has 31 heavy (non-hydrogen) atoms. The van der Waals surface area contributed by atoms with Crippen molar-refractivity contribution in [1.29, 1.82) is 0 Å². The fourth-order valence-electron chi connectivity index (χ4n) is 3.35. The van der Waals surface area contributed by atoms with E-state index in [1.165, 1.54) is 24.3 Å². The number of hydrogen-bond acceptors (Lipinski definition) is 8. The SMILES string of the molecule is Cc1noc(CC(=O)N2CCC(c3nc(-c4ccc(OC(F)(F)F)cc4)no3)CC2)n1. The van der Waals surface area contributed by atoms with Crippen molar-refractivity contribution in [2.24, 2.45) is 0 Å².